The standard InChI is InChI=1S/C21H23N3O2/c1-22(14-16-8-4-2-3-5-9-16)19(25)15-24-18-12-6-10-17-11-7-13-23(20(17)18)21(24)26/h2-6,8,10,12H,7,9,11,13-15H2,1H3. The van der Waals surface area contributed by atoms with E-state index in [1.165, 1.54) is 11.1 Å². The number of nitrogens with zero attached hydrogens (tertiary/aromatic N) is 3. The van der Waals surface area contributed by atoms with Crippen molar-refractivity contribution in [3.05, 3.63) is 70.2 Å². The summed E-state index contributed by atoms with van der Waals surface area (Å²) in [6.45, 7) is 1.39. The zero-order chi connectivity index (χ0) is 18.1. The van der Waals surface area contributed by atoms with Gasteiger partial charge >= 0.3 is 5.69 Å². The van der Waals surface area contributed by atoms with Crippen molar-refractivity contribution < 1.29 is 4.79 Å². The monoisotopic (exact) mass is 349 g/mol. The van der Waals surface area contributed by atoms with E-state index in [2.05, 4.69) is 18.2 Å². The predicted octanol–water partition coefficient (Wildman–Crippen LogP) is 2.65. The molecule has 0 atom stereocenters. The highest BCUT2D eigenvalue weighted by Gasteiger charge is 2.21. The quantitative estimate of drug-likeness (QED) is 0.852. The van der Waals surface area contributed by atoms with Gasteiger partial charge in [0, 0.05) is 20.1 Å². The van der Waals surface area contributed by atoms with Crippen molar-refractivity contribution in [1.29, 1.82) is 0 Å². The Labute approximate surface area is 152 Å². The summed E-state index contributed by atoms with van der Waals surface area (Å²) in [7, 11) is 1.80. The average molecular weight is 349 g/mol. The Hall–Kier alpha value is -2.82. The van der Waals surface area contributed by atoms with Gasteiger partial charge in [0.2, 0.25) is 5.91 Å². The van der Waals surface area contributed by atoms with Crippen molar-refractivity contribution in [2.24, 2.45) is 0 Å². The number of amides is 1. The van der Waals surface area contributed by atoms with E-state index in [9.17, 15) is 9.59 Å². The summed E-state index contributed by atoms with van der Waals surface area (Å²) in [6, 6.07) is 6.00. The minimum atomic E-state index is -0.0755. The van der Waals surface area contributed by atoms with Crippen LogP contribution < -0.4 is 5.69 Å². The van der Waals surface area contributed by atoms with Crippen LogP contribution in [0.5, 0.6) is 0 Å². The number of carbonyl (C=O) groups is 1. The normalized spacial score (nSPS) is 15.8. The Morgan fingerprint density at radius 2 is 2.12 bits per heavy atom. The van der Waals surface area contributed by atoms with Crippen LogP contribution in [0, 0.1) is 0 Å². The molecule has 26 heavy (non-hydrogen) atoms. The number of hydrogen-bond acceptors (Lipinski definition) is 2. The number of aromatic nitrogens is 2. The third-order valence-electron chi connectivity index (χ3n) is 5.18. The molecule has 1 aliphatic heterocycles. The van der Waals surface area contributed by atoms with Gasteiger partial charge in [0.25, 0.3) is 0 Å². The number of allylic oxidation sites excluding steroid dienone is 5. The fraction of sp³-hybridized carbons (Fsp3) is 0.333. The molecule has 1 aliphatic carbocycles. The molecule has 2 heterocycles. The Morgan fingerprint density at radius 1 is 1.23 bits per heavy atom. The largest absolute Gasteiger partial charge is 0.340 e. The van der Waals surface area contributed by atoms with Crippen LogP contribution in [0.1, 0.15) is 18.4 Å². The number of imidazole rings is 1. The molecule has 5 nitrogen and oxygen atoms in total. The number of hydrogen-bond donors (Lipinski definition) is 0. The van der Waals surface area contributed by atoms with Gasteiger partial charge in [-0.05, 0) is 36.5 Å². The zero-order valence-corrected chi connectivity index (χ0v) is 15.0. The van der Waals surface area contributed by atoms with Gasteiger partial charge in [-0.2, -0.15) is 0 Å². The first-order valence-corrected chi connectivity index (χ1v) is 9.11. The van der Waals surface area contributed by atoms with Gasteiger partial charge < -0.3 is 4.90 Å². The topological polar surface area (TPSA) is 47.2 Å². The first-order valence-electron chi connectivity index (χ1n) is 9.11. The maximum atomic E-state index is 12.8. The molecule has 2 aromatic rings. The Balaban J connectivity index is 1.59. The molecule has 0 unspecified atom stereocenters. The van der Waals surface area contributed by atoms with Crippen LogP contribution in [-0.2, 0) is 24.3 Å². The van der Waals surface area contributed by atoms with Crippen LogP contribution in [0.15, 0.2) is 58.9 Å². The highest BCUT2D eigenvalue weighted by molar-refractivity contribution is 5.83. The molecule has 1 aromatic heterocycles. The van der Waals surface area contributed by atoms with Gasteiger partial charge in [-0.25, -0.2) is 4.79 Å². The predicted molar refractivity (Wildman–Crippen MR) is 103 cm³/mol. The van der Waals surface area contributed by atoms with Crippen LogP contribution in [0.25, 0.3) is 11.0 Å². The van der Waals surface area contributed by atoms with E-state index >= 15 is 0 Å². The van der Waals surface area contributed by atoms with Crippen molar-refractivity contribution in [2.45, 2.75) is 32.4 Å². The Kier molecular flexibility index (Phi) is 4.37. The van der Waals surface area contributed by atoms with Crippen molar-refractivity contribution in [1.82, 2.24) is 14.0 Å². The summed E-state index contributed by atoms with van der Waals surface area (Å²) in [4.78, 5) is 27.3. The van der Waals surface area contributed by atoms with Crippen LogP contribution in [-0.4, -0.2) is 33.5 Å². The average Bonchev–Trinajstić information content (AvgIpc) is 2.83. The molecule has 1 aromatic carbocycles. The van der Waals surface area contributed by atoms with Crippen LogP contribution in [0.4, 0.5) is 0 Å². The molecule has 0 radical (unpaired) electrons. The van der Waals surface area contributed by atoms with E-state index in [1.807, 2.05) is 34.9 Å². The molecule has 0 spiro atoms. The van der Waals surface area contributed by atoms with Crippen LogP contribution >= 0.6 is 0 Å². The van der Waals surface area contributed by atoms with E-state index in [0.29, 0.717) is 6.54 Å². The molecule has 1 amide bonds. The molecule has 134 valence electrons. The molecule has 0 bridgehead atoms. The van der Waals surface area contributed by atoms with Crippen molar-refractivity contribution in [3.8, 4) is 0 Å². The molecular weight excluding hydrogens is 326 g/mol. The first kappa shape index (κ1) is 16.6. The lowest BCUT2D eigenvalue weighted by molar-refractivity contribution is -0.130. The van der Waals surface area contributed by atoms with Gasteiger partial charge in [0.15, 0.2) is 0 Å². The molecule has 2 aliphatic rings. The maximum absolute atomic E-state index is 12.8. The first-order chi connectivity index (χ1) is 12.6. The maximum Gasteiger partial charge on any atom is 0.329 e. The molecule has 0 N–H and O–H groups in total. The zero-order valence-electron chi connectivity index (χ0n) is 15.0. The lowest BCUT2D eigenvalue weighted by Crippen LogP contribution is -2.35. The molecule has 0 saturated carbocycles. The Morgan fingerprint density at radius 3 is 3.00 bits per heavy atom. The number of carbonyl (C=O) groups excluding carboxylic acids is 1. The van der Waals surface area contributed by atoms with Crippen LogP contribution in [0.2, 0.25) is 0 Å². The second-order valence-electron chi connectivity index (χ2n) is 7.00. The minimum absolute atomic E-state index is 0.0473. The summed E-state index contributed by atoms with van der Waals surface area (Å²) in [5, 5.41) is 0. The smallest absolute Gasteiger partial charge is 0.329 e. The SMILES string of the molecule is CN(CC1=CC=CC=CC1)C(=O)Cn1c(=O)n2c3c(cccc31)CCC2. The van der Waals surface area contributed by atoms with Gasteiger partial charge in [-0.3, -0.25) is 13.9 Å². The molecule has 4 rings (SSSR count). The van der Waals surface area contributed by atoms with Crippen LogP contribution in [0.3, 0.4) is 0 Å². The number of para-hydroxylation sites is 1. The van der Waals surface area contributed by atoms with Crippen molar-refractivity contribution in [2.75, 3.05) is 13.6 Å². The number of aryl methyl sites for hydroxylation is 2. The number of rotatable bonds is 4. The lowest BCUT2D eigenvalue weighted by Gasteiger charge is -2.19. The summed E-state index contributed by atoms with van der Waals surface area (Å²) < 4.78 is 3.45. The fourth-order valence-corrected chi connectivity index (χ4v) is 3.83. The highest BCUT2D eigenvalue weighted by atomic mass is 16.2. The van der Waals surface area contributed by atoms with Gasteiger partial charge in [-0.15, -0.1) is 0 Å². The second kappa shape index (κ2) is 6.83. The summed E-state index contributed by atoms with van der Waals surface area (Å²) >= 11 is 0. The van der Waals surface area contributed by atoms with Gasteiger partial charge in [-0.1, -0.05) is 42.5 Å². The van der Waals surface area contributed by atoms with Crippen molar-refractivity contribution in [3.63, 3.8) is 0 Å². The summed E-state index contributed by atoms with van der Waals surface area (Å²) in [6.07, 6.45) is 12.9. The van der Waals surface area contributed by atoms with Crippen molar-refractivity contribution >= 4 is 16.9 Å². The Bertz CT molecular complexity index is 1000. The molecular formula is C21H23N3O2. The third kappa shape index (κ3) is 2.94. The summed E-state index contributed by atoms with van der Waals surface area (Å²) in [5.74, 6) is -0.0473. The third-order valence-corrected chi connectivity index (χ3v) is 5.18. The van der Waals surface area contributed by atoms with Gasteiger partial charge in [0.1, 0.15) is 6.54 Å². The lowest BCUT2D eigenvalue weighted by atomic mass is 10.0. The number of likely N-dealkylation sites (N-methyl/N-ethyl adjacent to an activating group) is 1. The number of benzene rings is 1. The van der Waals surface area contributed by atoms with E-state index in [0.717, 1.165) is 36.8 Å². The highest BCUT2D eigenvalue weighted by Crippen LogP contribution is 2.24. The molecule has 0 saturated heterocycles. The van der Waals surface area contributed by atoms with E-state index in [-0.39, 0.29) is 18.1 Å². The minimum Gasteiger partial charge on any atom is -0.340 e. The van der Waals surface area contributed by atoms with E-state index in [4.69, 9.17) is 0 Å². The molecule has 0 fully saturated rings. The summed E-state index contributed by atoms with van der Waals surface area (Å²) in [5.41, 5.74) is 4.18. The molecule has 5 heteroatoms. The van der Waals surface area contributed by atoms with Gasteiger partial charge in [0.05, 0.1) is 11.0 Å². The van der Waals surface area contributed by atoms with E-state index < -0.39 is 0 Å². The van der Waals surface area contributed by atoms with E-state index in [1.54, 1.807) is 16.5 Å². The fourth-order valence-electron chi connectivity index (χ4n) is 3.83. The second-order valence-corrected chi connectivity index (χ2v) is 7.00.